The van der Waals surface area contributed by atoms with E-state index in [4.69, 9.17) is 9.47 Å². The van der Waals surface area contributed by atoms with Crippen molar-refractivity contribution < 1.29 is 19.1 Å². The second-order valence-corrected chi connectivity index (χ2v) is 6.19. The number of esters is 1. The third-order valence-corrected chi connectivity index (χ3v) is 4.30. The minimum atomic E-state index is -0.498. The van der Waals surface area contributed by atoms with Crippen molar-refractivity contribution in [2.75, 3.05) is 12.4 Å². The fourth-order valence-electron chi connectivity index (χ4n) is 2.72. The molecule has 5 nitrogen and oxygen atoms in total. The average molecular weight is 375 g/mol. The zero-order valence-electron chi connectivity index (χ0n) is 15.7. The molecule has 28 heavy (non-hydrogen) atoms. The van der Waals surface area contributed by atoms with Crippen LogP contribution in [-0.2, 0) is 4.74 Å². The first kappa shape index (κ1) is 19.2. The van der Waals surface area contributed by atoms with Crippen molar-refractivity contribution in [1.29, 1.82) is 0 Å². The summed E-state index contributed by atoms with van der Waals surface area (Å²) in [7, 11) is 1.56. The maximum Gasteiger partial charge on any atom is 0.340 e. The van der Waals surface area contributed by atoms with E-state index in [0.717, 1.165) is 5.56 Å². The maximum absolute atomic E-state index is 12.7. The number of para-hydroxylation sites is 1. The van der Waals surface area contributed by atoms with Gasteiger partial charge in [0.15, 0.2) is 0 Å². The maximum atomic E-state index is 12.7. The van der Waals surface area contributed by atoms with Gasteiger partial charge in [-0.05, 0) is 48.9 Å². The van der Waals surface area contributed by atoms with Crippen LogP contribution in [0.5, 0.6) is 5.75 Å². The minimum absolute atomic E-state index is 0.298. The molecule has 0 aliphatic heterocycles. The van der Waals surface area contributed by atoms with E-state index in [-0.39, 0.29) is 5.91 Å². The molecule has 1 atom stereocenters. The van der Waals surface area contributed by atoms with Gasteiger partial charge in [-0.3, -0.25) is 4.79 Å². The Morgan fingerprint density at radius 3 is 2.18 bits per heavy atom. The van der Waals surface area contributed by atoms with Crippen molar-refractivity contribution in [3.05, 3.63) is 95.6 Å². The molecule has 0 heterocycles. The molecule has 0 bridgehead atoms. The van der Waals surface area contributed by atoms with Crippen molar-refractivity contribution in [3.8, 4) is 5.75 Å². The monoisotopic (exact) mass is 375 g/mol. The Hall–Kier alpha value is -3.60. The number of hydrogen-bond donors (Lipinski definition) is 1. The lowest BCUT2D eigenvalue weighted by Crippen LogP contribution is -2.16. The first-order valence-electron chi connectivity index (χ1n) is 8.89. The van der Waals surface area contributed by atoms with E-state index >= 15 is 0 Å². The molecule has 3 rings (SSSR count). The Bertz CT molecular complexity index is 952. The van der Waals surface area contributed by atoms with Gasteiger partial charge < -0.3 is 14.8 Å². The molecule has 0 aliphatic rings. The van der Waals surface area contributed by atoms with Gasteiger partial charge in [0.05, 0.1) is 18.4 Å². The Morgan fingerprint density at radius 1 is 0.857 bits per heavy atom. The Balaban J connectivity index is 1.74. The van der Waals surface area contributed by atoms with Gasteiger partial charge in [-0.2, -0.15) is 0 Å². The highest BCUT2D eigenvalue weighted by Crippen LogP contribution is 2.23. The van der Waals surface area contributed by atoms with Gasteiger partial charge in [0.2, 0.25) is 0 Å². The number of carbonyl (C=O) groups excluding carboxylic acids is 2. The summed E-state index contributed by atoms with van der Waals surface area (Å²) in [5, 5.41) is 2.78. The molecule has 1 amide bonds. The highest BCUT2D eigenvalue weighted by atomic mass is 16.5. The van der Waals surface area contributed by atoms with Gasteiger partial charge in [0, 0.05) is 5.56 Å². The SMILES string of the molecule is COc1ccc(C(=O)Nc2ccccc2C(=O)OC(C)c2ccccc2)cc1. The molecule has 0 aromatic heterocycles. The van der Waals surface area contributed by atoms with E-state index in [0.29, 0.717) is 22.6 Å². The molecule has 5 heteroatoms. The number of ether oxygens (including phenoxy) is 2. The molecule has 1 N–H and O–H groups in total. The number of anilines is 1. The molecule has 0 radical (unpaired) electrons. The highest BCUT2D eigenvalue weighted by Gasteiger charge is 2.18. The number of methoxy groups -OCH3 is 1. The number of rotatable bonds is 6. The van der Waals surface area contributed by atoms with Crippen LogP contribution in [0.1, 0.15) is 39.3 Å². The standard InChI is InChI=1S/C23H21NO4/c1-16(17-8-4-3-5-9-17)28-23(26)20-10-6-7-11-21(20)24-22(25)18-12-14-19(27-2)15-13-18/h3-16H,1-2H3,(H,24,25). The van der Waals surface area contributed by atoms with E-state index in [1.165, 1.54) is 0 Å². The molecule has 142 valence electrons. The van der Waals surface area contributed by atoms with Crippen LogP contribution >= 0.6 is 0 Å². The molecule has 0 saturated carbocycles. The summed E-state index contributed by atoms with van der Waals surface area (Å²) >= 11 is 0. The number of carbonyl (C=O) groups is 2. The first-order valence-corrected chi connectivity index (χ1v) is 8.89. The molecular formula is C23H21NO4. The summed E-state index contributed by atoms with van der Waals surface area (Å²) in [6, 6.07) is 23.0. The van der Waals surface area contributed by atoms with Gasteiger partial charge >= 0.3 is 5.97 Å². The molecule has 0 aliphatic carbocycles. The lowest BCUT2D eigenvalue weighted by Gasteiger charge is -2.16. The van der Waals surface area contributed by atoms with Crippen molar-refractivity contribution in [3.63, 3.8) is 0 Å². The molecule has 1 unspecified atom stereocenters. The van der Waals surface area contributed by atoms with E-state index in [9.17, 15) is 9.59 Å². The molecular weight excluding hydrogens is 354 g/mol. The fourth-order valence-corrected chi connectivity index (χ4v) is 2.72. The Morgan fingerprint density at radius 2 is 1.50 bits per heavy atom. The summed E-state index contributed by atoms with van der Waals surface area (Å²) < 4.78 is 10.7. The van der Waals surface area contributed by atoms with Crippen LogP contribution in [0.3, 0.4) is 0 Å². The Labute approximate surface area is 163 Å². The second-order valence-electron chi connectivity index (χ2n) is 6.19. The fraction of sp³-hybridized carbons (Fsp3) is 0.130. The van der Waals surface area contributed by atoms with Gasteiger partial charge in [-0.25, -0.2) is 4.79 Å². The third-order valence-electron chi connectivity index (χ3n) is 4.30. The van der Waals surface area contributed by atoms with Crippen LogP contribution in [0.2, 0.25) is 0 Å². The normalized spacial score (nSPS) is 11.4. The van der Waals surface area contributed by atoms with Crippen molar-refractivity contribution in [2.45, 2.75) is 13.0 Å². The minimum Gasteiger partial charge on any atom is -0.497 e. The quantitative estimate of drug-likeness (QED) is 0.625. The first-order chi connectivity index (χ1) is 13.6. The van der Waals surface area contributed by atoms with Crippen LogP contribution in [0, 0.1) is 0 Å². The molecule has 3 aromatic rings. The molecule has 0 saturated heterocycles. The van der Waals surface area contributed by atoms with Crippen molar-refractivity contribution in [1.82, 2.24) is 0 Å². The second kappa shape index (κ2) is 8.86. The van der Waals surface area contributed by atoms with E-state index in [1.807, 2.05) is 37.3 Å². The summed E-state index contributed by atoms with van der Waals surface area (Å²) in [6.07, 6.45) is -0.404. The van der Waals surface area contributed by atoms with Gasteiger partial charge in [-0.1, -0.05) is 42.5 Å². The van der Waals surface area contributed by atoms with Crippen LogP contribution < -0.4 is 10.1 Å². The van der Waals surface area contributed by atoms with Crippen LogP contribution in [-0.4, -0.2) is 19.0 Å². The summed E-state index contributed by atoms with van der Waals surface area (Å²) in [5.74, 6) is -0.156. The van der Waals surface area contributed by atoms with E-state index in [2.05, 4.69) is 5.32 Å². The number of nitrogens with one attached hydrogen (secondary N) is 1. The van der Waals surface area contributed by atoms with E-state index in [1.54, 1.807) is 55.6 Å². The van der Waals surface area contributed by atoms with Crippen molar-refractivity contribution >= 4 is 17.6 Å². The van der Waals surface area contributed by atoms with Crippen LogP contribution in [0.25, 0.3) is 0 Å². The average Bonchev–Trinajstić information content (AvgIpc) is 2.74. The molecule has 0 fully saturated rings. The zero-order chi connectivity index (χ0) is 19.9. The predicted octanol–water partition coefficient (Wildman–Crippen LogP) is 4.87. The number of hydrogen-bond acceptors (Lipinski definition) is 4. The third kappa shape index (κ3) is 4.57. The van der Waals surface area contributed by atoms with Crippen LogP contribution in [0.15, 0.2) is 78.9 Å². The summed E-state index contributed by atoms with van der Waals surface area (Å²) in [5.41, 5.74) is 2.05. The summed E-state index contributed by atoms with van der Waals surface area (Å²) in [4.78, 5) is 25.2. The molecule has 3 aromatic carbocycles. The topological polar surface area (TPSA) is 64.6 Å². The van der Waals surface area contributed by atoms with Gasteiger partial charge in [-0.15, -0.1) is 0 Å². The van der Waals surface area contributed by atoms with Gasteiger partial charge in [0.25, 0.3) is 5.91 Å². The Kier molecular flexibility index (Phi) is 6.07. The smallest absolute Gasteiger partial charge is 0.340 e. The predicted molar refractivity (Wildman–Crippen MR) is 108 cm³/mol. The molecule has 0 spiro atoms. The van der Waals surface area contributed by atoms with Crippen LogP contribution in [0.4, 0.5) is 5.69 Å². The number of amides is 1. The van der Waals surface area contributed by atoms with E-state index < -0.39 is 12.1 Å². The highest BCUT2D eigenvalue weighted by molar-refractivity contribution is 6.08. The summed E-state index contributed by atoms with van der Waals surface area (Å²) in [6.45, 7) is 1.81. The zero-order valence-corrected chi connectivity index (χ0v) is 15.7. The largest absolute Gasteiger partial charge is 0.497 e. The lowest BCUT2D eigenvalue weighted by molar-refractivity contribution is 0.0339. The van der Waals surface area contributed by atoms with Gasteiger partial charge in [0.1, 0.15) is 11.9 Å². The lowest BCUT2D eigenvalue weighted by atomic mass is 10.1. The number of benzene rings is 3. The van der Waals surface area contributed by atoms with Crippen molar-refractivity contribution in [2.24, 2.45) is 0 Å².